The highest BCUT2D eigenvalue weighted by Crippen LogP contribution is 2.25. The molecule has 0 heterocycles. The summed E-state index contributed by atoms with van der Waals surface area (Å²) in [4.78, 5) is 32.8. The lowest BCUT2D eigenvalue weighted by molar-refractivity contribution is -0.385. The number of urea groups is 1. The standard InChI is InChI=1S/C12H15N3O5/c1-8(2)13-12(17)14-11(16)7-20-10-6-4-3-5-9(10)15(18)19/h3-6,8H,7H2,1-2H3,(H2,13,14,16,17). The van der Waals surface area contributed by atoms with Gasteiger partial charge in [0.05, 0.1) is 4.92 Å². The lowest BCUT2D eigenvalue weighted by atomic mass is 10.3. The quantitative estimate of drug-likeness (QED) is 0.622. The number of hydrogen-bond donors (Lipinski definition) is 2. The predicted octanol–water partition coefficient (Wildman–Crippen LogP) is 1.21. The van der Waals surface area contributed by atoms with Gasteiger partial charge in [-0.15, -0.1) is 0 Å². The molecular formula is C12H15N3O5. The first kappa shape index (κ1) is 15.4. The molecule has 0 radical (unpaired) electrons. The Balaban J connectivity index is 2.53. The number of benzene rings is 1. The molecule has 0 saturated carbocycles. The van der Waals surface area contributed by atoms with Crippen LogP contribution in [0.1, 0.15) is 13.8 Å². The Hall–Kier alpha value is -2.64. The molecule has 1 aromatic carbocycles. The van der Waals surface area contributed by atoms with Crippen LogP contribution in [-0.4, -0.2) is 29.5 Å². The van der Waals surface area contributed by atoms with Gasteiger partial charge >= 0.3 is 11.7 Å². The van der Waals surface area contributed by atoms with E-state index in [9.17, 15) is 19.7 Å². The van der Waals surface area contributed by atoms with E-state index in [0.29, 0.717) is 0 Å². The summed E-state index contributed by atoms with van der Waals surface area (Å²) < 4.78 is 5.03. The largest absolute Gasteiger partial charge is 0.477 e. The zero-order chi connectivity index (χ0) is 15.1. The fraction of sp³-hybridized carbons (Fsp3) is 0.333. The Morgan fingerprint density at radius 1 is 1.35 bits per heavy atom. The van der Waals surface area contributed by atoms with Gasteiger partial charge in [-0.05, 0) is 19.9 Å². The summed E-state index contributed by atoms with van der Waals surface area (Å²) in [6, 6.07) is 4.92. The molecule has 0 fully saturated rings. The maximum absolute atomic E-state index is 11.4. The summed E-state index contributed by atoms with van der Waals surface area (Å²) in [5, 5.41) is 15.2. The number of imide groups is 1. The van der Waals surface area contributed by atoms with Crippen LogP contribution in [0.15, 0.2) is 24.3 Å². The van der Waals surface area contributed by atoms with Gasteiger partial charge in [-0.1, -0.05) is 12.1 Å². The molecule has 3 amide bonds. The maximum atomic E-state index is 11.4. The second-order valence-electron chi connectivity index (χ2n) is 4.19. The molecule has 0 saturated heterocycles. The average molecular weight is 281 g/mol. The van der Waals surface area contributed by atoms with Crippen LogP contribution < -0.4 is 15.4 Å². The Morgan fingerprint density at radius 2 is 2.00 bits per heavy atom. The molecule has 0 unspecified atom stereocenters. The number of nitro groups is 1. The zero-order valence-corrected chi connectivity index (χ0v) is 11.1. The van der Waals surface area contributed by atoms with Gasteiger partial charge in [0.2, 0.25) is 0 Å². The molecule has 108 valence electrons. The lowest BCUT2D eigenvalue weighted by Crippen LogP contribution is -2.44. The van der Waals surface area contributed by atoms with Crippen molar-refractivity contribution < 1.29 is 19.2 Å². The summed E-state index contributed by atoms with van der Waals surface area (Å²) in [5.74, 6) is -0.724. The van der Waals surface area contributed by atoms with Crippen LogP contribution in [-0.2, 0) is 4.79 Å². The van der Waals surface area contributed by atoms with Gasteiger partial charge in [0.25, 0.3) is 5.91 Å². The van der Waals surface area contributed by atoms with Crippen LogP contribution in [0.25, 0.3) is 0 Å². The minimum Gasteiger partial charge on any atom is -0.477 e. The van der Waals surface area contributed by atoms with E-state index in [1.807, 2.05) is 5.32 Å². The van der Waals surface area contributed by atoms with Crippen molar-refractivity contribution in [1.29, 1.82) is 0 Å². The van der Waals surface area contributed by atoms with Crippen molar-refractivity contribution in [3.05, 3.63) is 34.4 Å². The maximum Gasteiger partial charge on any atom is 0.321 e. The minimum atomic E-state index is -0.693. The number of nitrogens with zero attached hydrogens (tertiary/aromatic N) is 1. The Kier molecular flexibility index (Phi) is 5.45. The minimum absolute atomic E-state index is 0.0306. The van der Waals surface area contributed by atoms with Crippen molar-refractivity contribution in [2.45, 2.75) is 19.9 Å². The first-order chi connectivity index (χ1) is 9.40. The Bertz CT molecular complexity index is 516. The summed E-state index contributed by atoms with van der Waals surface area (Å²) in [6.07, 6.45) is 0. The number of rotatable bonds is 5. The highest BCUT2D eigenvalue weighted by atomic mass is 16.6. The van der Waals surface area contributed by atoms with E-state index in [2.05, 4.69) is 5.32 Å². The molecule has 0 aromatic heterocycles. The van der Waals surface area contributed by atoms with E-state index < -0.39 is 23.5 Å². The number of carbonyl (C=O) groups is 2. The van der Waals surface area contributed by atoms with E-state index in [1.165, 1.54) is 18.2 Å². The third kappa shape index (κ3) is 4.92. The third-order valence-electron chi connectivity index (χ3n) is 2.09. The van der Waals surface area contributed by atoms with Gasteiger partial charge in [0, 0.05) is 12.1 Å². The molecule has 1 rings (SSSR count). The highest BCUT2D eigenvalue weighted by molar-refractivity contribution is 5.95. The lowest BCUT2D eigenvalue weighted by Gasteiger charge is -2.10. The van der Waals surface area contributed by atoms with Crippen LogP contribution in [0.2, 0.25) is 0 Å². The van der Waals surface area contributed by atoms with E-state index in [1.54, 1.807) is 19.9 Å². The molecule has 8 heteroatoms. The average Bonchev–Trinajstić information content (AvgIpc) is 2.35. The van der Waals surface area contributed by atoms with Gasteiger partial charge in [0.15, 0.2) is 12.4 Å². The van der Waals surface area contributed by atoms with Crippen molar-refractivity contribution in [2.24, 2.45) is 0 Å². The number of amides is 3. The number of nitro benzene ring substituents is 1. The molecular weight excluding hydrogens is 266 g/mol. The van der Waals surface area contributed by atoms with Crippen molar-refractivity contribution in [1.82, 2.24) is 10.6 Å². The van der Waals surface area contributed by atoms with Gasteiger partial charge in [-0.3, -0.25) is 20.2 Å². The number of ether oxygens (including phenoxy) is 1. The van der Waals surface area contributed by atoms with Gasteiger partial charge in [0.1, 0.15) is 0 Å². The fourth-order valence-corrected chi connectivity index (χ4v) is 1.33. The normalized spacial score (nSPS) is 9.95. The van der Waals surface area contributed by atoms with Crippen molar-refractivity contribution in [2.75, 3.05) is 6.61 Å². The molecule has 8 nitrogen and oxygen atoms in total. The molecule has 1 aromatic rings. The van der Waals surface area contributed by atoms with Crippen LogP contribution in [0.5, 0.6) is 5.75 Å². The van der Waals surface area contributed by atoms with Crippen molar-refractivity contribution in [3.63, 3.8) is 0 Å². The number of para-hydroxylation sites is 2. The second-order valence-corrected chi connectivity index (χ2v) is 4.19. The SMILES string of the molecule is CC(C)NC(=O)NC(=O)COc1ccccc1[N+](=O)[O-]. The van der Waals surface area contributed by atoms with E-state index in [0.717, 1.165) is 0 Å². The van der Waals surface area contributed by atoms with Crippen molar-refractivity contribution >= 4 is 17.6 Å². The second kappa shape index (κ2) is 7.07. The van der Waals surface area contributed by atoms with Gasteiger partial charge in [-0.2, -0.15) is 0 Å². The van der Waals surface area contributed by atoms with Crippen LogP contribution >= 0.6 is 0 Å². The Labute approximate surface area is 115 Å². The first-order valence-electron chi connectivity index (χ1n) is 5.86. The molecule has 0 spiro atoms. The van der Waals surface area contributed by atoms with E-state index in [-0.39, 0.29) is 17.5 Å². The van der Waals surface area contributed by atoms with Crippen LogP contribution in [0.3, 0.4) is 0 Å². The van der Waals surface area contributed by atoms with Crippen molar-refractivity contribution in [3.8, 4) is 5.75 Å². The summed E-state index contributed by atoms with van der Waals surface area (Å²) in [6.45, 7) is 3.00. The number of hydrogen-bond acceptors (Lipinski definition) is 5. The smallest absolute Gasteiger partial charge is 0.321 e. The monoisotopic (exact) mass is 281 g/mol. The molecule has 2 N–H and O–H groups in total. The summed E-state index contributed by atoms with van der Waals surface area (Å²) in [7, 11) is 0. The van der Waals surface area contributed by atoms with Crippen LogP contribution in [0, 0.1) is 10.1 Å². The molecule has 0 bridgehead atoms. The van der Waals surface area contributed by atoms with E-state index in [4.69, 9.17) is 4.74 Å². The molecule has 0 aliphatic rings. The third-order valence-corrected chi connectivity index (χ3v) is 2.09. The summed E-state index contributed by atoms with van der Waals surface area (Å²) >= 11 is 0. The Morgan fingerprint density at radius 3 is 2.60 bits per heavy atom. The topological polar surface area (TPSA) is 111 Å². The molecule has 20 heavy (non-hydrogen) atoms. The highest BCUT2D eigenvalue weighted by Gasteiger charge is 2.15. The van der Waals surface area contributed by atoms with E-state index >= 15 is 0 Å². The van der Waals surface area contributed by atoms with Crippen LogP contribution in [0.4, 0.5) is 10.5 Å². The fourth-order valence-electron chi connectivity index (χ4n) is 1.33. The summed E-state index contributed by atoms with van der Waals surface area (Å²) in [5.41, 5.74) is -0.244. The zero-order valence-electron chi connectivity index (χ0n) is 11.1. The number of nitrogens with one attached hydrogen (secondary N) is 2. The first-order valence-corrected chi connectivity index (χ1v) is 5.86. The molecule has 0 atom stereocenters. The van der Waals surface area contributed by atoms with Gasteiger partial charge < -0.3 is 10.1 Å². The molecule has 0 aliphatic carbocycles. The van der Waals surface area contributed by atoms with Gasteiger partial charge in [-0.25, -0.2) is 4.79 Å². The number of carbonyl (C=O) groups excluding carboxylic acids is 2. The molecule has 0 aliphatic heterocycles. The predicted molar refractivity (Wildman–Crippen MR) is 70.4 cm³/mol.